The molecule has 0 bridgehead atoms. The standard InChI is InChI=1S/C27H28N4O7/c1-3-38-27(36)31-14-12-30(13-15-31)25(33)20(16-8-10-17(11-9-16)26(34)35)22-21(24(28)32)23(37-2)18-6-4-5-7-19(18)29-22/h4-11,20H,3,12-15H2,1-2H3,(H2,28,32)(H,34,35). The van der Waals surface area contributed by atoms with Crippen LogP contribution in [0.15, 0.2) is 48.5 Å². The zero-order valence-corrected chi connectivity index (χ0v) is 21.0. The van der Waals surface area contributed by atoms with Gasteiger partial charge < -0.3 is 30.1 Å². The fraction of sp³-hybridized carbons (Fsp3) is 0.296. The van der Waals surface area contributed by atoms with E-state index in [4.69, 9.17) is 20.2 Å². The largest absolute Gasteiger partial charge is 0.495 e. The molecule has 3 aromatic rings. The summed E-state index contributed by atoms with van der Waals surface area (Å²) in [4.78, 5) is 58.2. The minimum atomic E-state index is -1.11. The van der Waals surface area contributed by atoms with Crippen LogP contribution < -0.4 is 10.5 Å². The van der Waals surface area contributed by atoms with Gasteiger partial charge in [0, 0.05) is 31.6 Å². The Balaban J connectivity index is 1.83. The highest BCUT2D eigenvalue weighted by Gasteiger charge is 2.36. The van der Waals surface area contributed by atoms with Crippen LogP contribution in [0.4, 0.5) is 4.79 Å². The van der Waals surface area contributed by atoms with Crippen LogP contribution in [-0.2, 0) is 9.53 Å². The summed E-state index contributed by atoms with van der Waals surface area (Å²) in [7, 11) is 1.41. The number of primary amides is 1. The summed E-state index contributed by atoms with van der Waals surface area (Å²) in [5.41, 5.74) is 6.85. The molecule has 1 fully saturated rings. The van der Waals surface area contributed by atoms with Crippen LogP contribution in [0.25, 0.3) is 10.9 Å². The fourth-order valence-electron chi connectivity index (χ4n) is 4.60. The molecule has 1 atom stereocenters. The third kappa shape index (κ3) is 5.08. The second-order valence-corrected chi connectivity index (χ2v) is 8.66. The zero-order chi connectivity index (χ0) is 27.4. The molecule has 4 rings (SSSR count). The average molecular weight is 521 g/mol. The van der Waals surface area contributed by atoms with E-state index < -0.39 is 23.9 Å². The van der Waals surface area contributed by atoms with Crippen LogP contribution in [0.3, 0.4) is 0 Å². The lowest BCUT2D eigenvalue weighted by atomic mass is 9.88. The molecule has 38 heavy (non-hydrogen) atoms. The third-order valence-corrected chi connectivity index (χ3v) is 6.45. The minimum Gasteiger partial charge on any atom is -0.495 e. The van der Waals surface area contributed by atoms with Crippen molar-refractivity contribution >= 4 is 34.8 Å². The Morgan fingerprint density at radius 3 is 2.21 bits per heavy atom. The predicted octanol–water partition coefficient (Wildman–Crippen LogP) is 2.47. The van der Waals surface area contributed by atoms with Crippen molar-refractivity contribution in [3.8, 4) is 5.75 Å². The average Bonchev–Trinajstić information content (AvgIpc) is 2.92. The number of rotatable bonds is 7. The maximum absolute atomic E-state index is 14.1. The minimum absolute atomic E-state index is 0.0305. The second-order valence-electron chi connectivity index (χ2n) is 8.66. The van der Waals surface area contributed by atoms with Gasteiger partial charge in [-0.05, 0) is 36.8 Å². The number of carbonyl (C=O) groups is 4. The molecule has 1 aromatic heterocycles. The molecule has 1 aliphatic heterocycles. The number of ether oxygens (including phenoxy) is 2. The number of pyridine rings is 1. The monoisotopic (exact) mass is 520 g/mol. The molecule has 1 saturated heterocycles. The molecular formula is C27H28N4O7. The van der Waals surface area contributed by atoms with Crippen molar-refractivity contribution in [2.24, 2.45) is 5.73 Å². The molecule has 1 unspecified atom stereocenters. The van der Waals surface area contributed by atoms with Crippen LogP contribution in [0.1, 0.15) is 44.8 Å². The van der Waals surface area contributed by atoms with Crippen molar-refractivity contribution in [1.29, 1.82) is 0 Å². The van der Waals surface area contributed by atoms with Gasteiger partial charge in [0.2, 0.25) is 5.91 Å². The van der Waals surface area contributed by atoms with Gasteiger partial charge in [-0.3, -0.25) is 14.6 Å². The first kappa shape index (κ1) is 26.4. The Bertz CT molecular complexity index is 1380. The molecule has 1 aliphatic rings. The number of fused-ring (bicyclic) bond motifs is 1. The fourth-order valence-corrected chi connectivity index (χ4v) is 4.60. The van der Waals surface area contributed by atoms with Gasteiger partial charge in [0.15, 0.2) is 0 Å². The van der Waals surface area contributed by atoms with Gasteiger partial charge >= 0.3 is 12.1 Å². The maximum Gasteiger partial charge on any atom is 0.409 e. The molecule has 0 spiro atoms. The Morgan fingerprint density at radius 2 is 1.63 bits per heavy atom. The number of nitrogens with zero attached hydrogens (tertiary/aromatic N) is 3. The van der Waals surface area contributed by atoms with E-state index in [0.29, 0.717) is 16.5 Å². The van der Waals surface area contributed by atoms with Gasteiger partial charge in [0.1, 0.15) is 17.2 Å². The number of carboxylic acid groups (broad SMARTS) is 1. The summed E-state index contributed by atoms with van der Waals surface area (Å²) >= 11 is 0. The number of carbonyl (C=O) groups excluding carboxylic acids is 3. The maximum atomic E-state index is 14.1. The number of piperazine rings is 1. The molecule has 0 radical (unpaired) electrons. The van der Waals surface area contributed by atoms with Crippen molar-refractivity contribution in [3.05, 3.63) is 70.9 Å². The summed E-state index contributed by atoms with van der Waals surface area (Å²) in [6.45, 7) is 2.98. The van der Waals surface area contributed by atoms with E-state index in [-0.39, 0.29) is 61.3 Å². The van der Waals surface area contributed by atoms with E-state index in [1.54, 1.807) is 36.1 Å². The van der Waals surface area contributed by atoms with E-state index in [0.717, 1.165) is 0 Å². The molecule has 11 heteroatoms. The summed E-state index contributed by atoms with van der Waals surface area (Å²) in [5.74, 6) is -3.19. The Morgan fingerprint density at radius 1 is 1.00 bits per heavy atom. The molecular weight excluding hydrogens is 492 g/mol. The summed E-state index contributed by atoms with van der Waals surface area (Å²) in [6.07, 6.45) is -0.447. The number of benzene rings is 2. The van der Waals surface area contributed by atoms with Gasteiger partial charge in [-0.2, -0.15) is 0 Å². The number of amides is 3. The van der Waals surface area contributed by atoms with Gasteiger partial charge in [-0.1, -0.05) is 24.3 Å². The number of aromatic nitrogens is 1. The number of aromatic carboxylic acids is 1. The first-order chi connectivity index (χ1) is 18.3. The number of carboxylic acids is 1. The highest BCUT2D eigenvalue weighted by Crippen LogP contribution is 2.37. The van der Waals surface area contributed by atoms with Crippen molar-refractivity contribution in [1.82, 2.24) is 14.8 Å². The summed E-state index contributed by atoms with van der Waals surface area (Å²) < 4.78 is 10.6. The van der Waals surface area contributed by atoms with Gasteiger partial charge in [0.25, 0.3) is 5.91 Å². The normalized spacial score (nSPS) is 14.2. The quantitative estimate of drug-likeness (QED) is 0.482. The van der Waals surface area contributed by atoms with Crippen LogP contribution in [0, 0.1) is 0 Å². The van der Waals surface area contributed by atoms with Gasteiger partial charge in [-0.15, -0.1) is 0 Å². The van der Waals surface area contributed by atoms with Crippen LogP contribution in [0.2, 0.25) is 0 Å². The first-order valence-corrected chi connectivity index (χ1v) is 12.1. The molecule has 2 heterocycles. The Hall–Kier alpha value is -4.67. The van der Waals surface area contributed by atoms with Crippen molar-refractivity contribution in [3.63, 3.8) is 0 Å². The van der Waals surface area contributed by atoms with E-state index >= 15 is 0 Å². The lowest BCUT2D eigenvalue weighted by molar-refractivity contribution is -0.133. The van der Waals surface area contributed by atoms with E-state index in [9.17, 15) is 24.3 Å². The highest BCUT2D eigenvalue weighted by atomic mass is 16.6. The van der Waals surface area contributed by atoms with E-state index in [1.165, 1.54) is 36.3 Å². The van der Waals surface area contributed by atoms with Crippen molar-refractivity contribution in [2.75, 3.05) is 39.9 Å². The number of hydrogen-bond donors (Lipinski definition) is 2. The smallest absolute Gasteiger partial charge is 0.409 e. The number of methoxy groups -OCH3 is 1. The topological polar surface area (TPSA) is 152 Å². The number of para-hydroxylation sites is 1. The van der Waals surface area contributed by atoms with Crippen LogP contribution in [-0.4, -0.2) is 83.7 Å². The van der Waals surface area contributed by atoms with Crippen molar-refractivity contribution in [2.45, 2.75) is 12.8 Å². The van der Waals surface area contributed by atoms with Crippen LogP contribution >= 0.6 is 0 Å². The summed E-state index contributed by atoms with van der Waals surface area (Å²) in [5, 5.41) is 9.91. The highest BCUT2D eigenvalue weighted by molar-refractivity contribution is 6.05. The Labute approximate surface area is 218 Å². The molecule has 3 N–H and O–H groups in total. The summed E-state index contributed by atoms with van der Waals surface area (Å²) in [6, 6.07) is 12.8. The molecule has 0 saturated carbocycles. The molecule has 0 aliphatic carbocycles. The number of hydrogen-bond acceptors (Lipinski definition) is 7. The number of nitrogens with two attached hydrogens (primary N) is 1. The van der Waals surface area contributed by atoms with Crippen molar-refractivity contribution < 1.29 is 33.8 Å². The molecule has 198 valence electrons. The Kier molecular flexibility index (Phi) is 7.75. The van der Waals surface area contributed by atoms with E-state index in [1.807, 2.05) is 0 Å². The van der Waals surface area contributed by atoms with E-state index in [2.05, 4.69) is 0 Å². The lowest BCUT2D eigenvalue weighted by Gasteiger charge is -2.36. The van der Waals surface area contributed by atoms with Crippen LogP contribution in [0.5, 0.6) is 5.75 Å². The van der Waals surface area contributed by atoms with Gasteiger partial charge in [-0.25, -0.2) is 9.59 Å². The SMILES string of the molecule is CCOC(=O)N1CCN(C(=O)C(c2ccc(C(=O)O)cc2)c2nc3ccccc3c(OC)c2C(N)=O)CC1. The molecule has 3 amide bonds. The predicted molar refractivity (Wildman–Crippen MR) is 137 cm³/mol. The lowest BCUT2D eigenvalue weighted by Crippen LogP contribution is -2.52. The third-order valence-electron chi connectivity index (χ3n) is 6.45. The van der Waals surface area contributed by atoms with Gasteiger partial charge in [0.05, 0.1) is 30.5 Å². The second kappa shape index (κ2) is 11.2. The first-order valence-electron chi connectivity index (χ1n) is 12.1. The molecule has 2 aromatic carbocycles. The zero-order valence-electron chi connectivity index (χ0n) is 21.0. The molecule has 11 nitrogen and oxygen atoms in total.